The number of ether oxygens (including phenoxy) is 3. The largest absolute Gasteiger partial charge is 0.497 e. The van der Waals surface area contributed by atoms with Crippen LogP contribution in [-0.4, -0.2) is 51.2 Å². The zero-order chi connectivity index (χ0) is 17.0. The lowest BCUT2D eigenvalue weighted by molar-refractivity contribution is -0.146. The van der Waals surface area contributed by atoms with Crippen LogP contribution in [-0.2, 0) is 20.7 Å². The maximum absolute atomic E-state index is 12.5. The van der Waals surface area contributed by atoms with Crippen LogP contribution < -0.4 is 9.47 Å². The molecule has 0 N–H and O–H groups in total. The second kappa shape index (κ2) is 7.35. The highest BCUT2D eigenvalue weighted by Gasteiger charge is 2.29. The van der Waals surface area contributed by atoms with E-state index in [9.17, 15) is 9.59 Å². The number of benzene rings is 1. The Bertz CT molecular complexity index is 586. The molecule has 1 heterocycles. The molecule has 1 amide bonds. The van der Waals surface area contributed by atoms with Crippen LogP contribution in [0.25, 0.3) is 0 Å². The van der Waals surface area contributed by atoms with Gasteiger partial charge in [0, 0.05) is 19.7 Å². The molecule has 23 heavy (non-hydrogen) atoms. The average molecular weight is 321 g/mol. The maximum atomic E-state index is 12.5. The lowest BCUT2D eigenvalue weighted by Gasteiger charge is -2.29. The van der Waals surface area contributed by atoms with Crippen LogP contribution in [0, 0.1) is 11.8 Å². The van der Waals surface area contributed by atoms with Crippen molar-refractivity contribution in [1.82, 2.24) is 4.90 Å². The number of rotatable bonds is 5. The molecule has 1 aliphatic heterocycles. The Morgan fingerprint density at radius 1 is 1.39 bits per heavy atom. The summed E-state index contributed by atoms with van der Waals surface area (Å²) in [6.07, 6.45) is 0.620. The van der Waals surface area contributed by atoms with Gasteiger partial charge in [-0.1, -0.05) is 13.0 Å². The number of amides is 1. The SMILES string of the molecule is COC(=O)[C@H](C)CN(C)C(=O)[C@H]1COc2cc(OC)ccc2C1. The molecule has 0 radical (unpaired) electrons. The van der Waals surface area contributed by atoms with Crippen LogP contribution >= 0.6 is 0 Å². The van der Waals surface area contributed by atoms with Crippen molar-refractivity contribution in [3.05, 3.63) is 23.8 Å². The fourth-order valence-corrected chi connectivity index (χ4v) is 2.73. The molecule has 0 unspecified atom stereocenters. The number of carbonyl (C=O) groups is 2. The molecule has 0 fully saturated rings. The van der Waals surface area contributed by atoms with Crippen molar-refractivity contribution in [3.8, 4) is 11.5 Å². The Labute approximate surface area is 136 Å². The minimum Gasteiger partial charge on any atom is -0.497 e. The summed E-state index contributed by atoms with van der Waals surface area (Å²) >= 11 is 0. The van der Waals surface area contributed by atoms with E-state index in [2.05, 4.69) is 0 Å². The molecule has 126 valence electrons. The van der Waals surface area contributed by atoms with E-state index in [0.717, 1.165) is 17.1 Å². The van der Waals surface area contributed by atoms with Crippen molar-refractivity contribution in [1.29, 1.82) is 0 Å². The number of esters is 1. The lowest BCUT2D eigenvalue weighted by Crippen LogP contribution is -2.41. The molecule has 1 aliphatic rings. The smallest absolute Gasteiger partial charge is 0.310 e. The second-order valence-corrected chi connectivity index (χ2v) is 5.83. The van der Waals surface area contributed by atoms with Gasteiger partial charge in [0.1, 0.15) is 18.1 Å². The standard InChI is InChI=1S/C17H23NO5/c1-11(17(20)22-4)9-18(2)16(19)13-7-12-5-6-14(21-3)8-15(12)23-10-13/h5-6,8,11,13H,7,9-10H2,1-4H3/t11-,13-/m1/s1. The molecule has 0 bridgehead atoms. The van der Waals surface area contributed by atoms with Crippen molar-refractivity contribution in [2.75, 3.05) is 34.4 Å². The molecule has 0 aliphatic carbocycles. The summed E-state index contributed by atoms with van der Waals surface area (Å²) in [6, 6.07) is 5.61. The summed E-state index contributed by atoms with van der Waals surface area (Å²) < 4.78 is 15.6. The van der Waals surface area contributed by atoms with Gasteiger partial charge in [-0.2, -0.15) is 0 Å². The highest BCUT2D eigenvalue weighted by molar-refractivity contribution is 5.80. The van der Waals surface area contributed by atoms with Gasteiger partial charge in [0.2, 0.25) is 5.91 Å². The second-order valence-electron chi connectivity index (χ2n) is 5.83. The summed E-state index contributed by atoms with van der Waals surface area (Å²) in [4.78, 5) is 25.6. The zero-order valence-electron chi connectivity index (χ0n) is 14.0. The van der Waals surface area contributed by atoms with Crippen LogP contribution in [0.3, 0.4) is 0 Å². The third kappa shape index (κ3) is 3.94. The van der Waals surface area contributed by atoms with Crippen molar-refractivity contribution in [2.24, 2.45) is 11.8 Å². The van der Waals surface area contributed by atoms with Crippen LogP contribution in [0.15, 0.2) is 18.2 Å². The van der Waals surface area contributed by atoms with Crippen LogP contribution in [0.4, 0.5) is 0 Å². The molecule has 6 heteroatoms. The van der Waals surface area contributed by atoms with Gasteiger partial charge < -0.3 is 19.1 Å². The van der Waals surface area contributed by atoms with Crippen molar-refractivity contribution >= 4 is 11.9 Å². The van der Waals surface area contributed by atoms with Gasteiger partial charge in [0.25, 0.3) is 0 Å². The van der Waals surface area contributed by atoms with E-state index in [-0.39, 0.29) is 23.7 Å². The van der Waals surface area contributed by atoms with Crippen molar-refractivity contribution in [3.63, 3.8) is 0 Å². The van der Waals surface area contributed by atoms with Gasteiger partial charge in [-0.3, -0.25) is 9.59 Å². The Kier molecular flexibility index (Phi) is 5.47. The molecule has 0 saturated carbocycles. The normalized spacial score (nSPS) is 17.5. The van der Waals surface area contributed by atoms with E-state index in [0.29, 0.717) is 19.6 Å². The predicted octanol–water partition coefficient (Wildman–Crippen LogP) is 1.51. The zero-order valence-corrected chi connectivity index (χ0v) is 14.0. The van der Waals surface area contributed by atoms with E-state index in [1.165, 1.54) is 7.11 Å². The number of methoxy groups -OCH3 is 2. The first-order valence-electron chi connectivity index (χ1n) is 7.58. The Balaban J connectivity index is 1.99. The van der Waals surface area contributed by atoms with Gasteiger partial charge in [0.05, 0.1) is 26.1 Å². The monoisotopic (exact) mass is 321 g/mol. The molecule has 0 aromatic heterocycles. The highest BCUT2D eigenvalue weighted by Crippen LogP contribution is 2.31. The molecule has 0 spiro atoms. The van der Waals surface area contributed by atoms with Crippen LogP contribution in [0.1, 0.15) is 12.5 Å². The summed E-state index contributed by atoms with van der Waals surface area (Å²) in [5.41, 5.74) is 0.991. The fraction of sp³-hybridized carbons (Fsp3) is 0.529. The highest BCUT2D eigenvalue weighted by atomic mass is 16.5. The average Bonchev–Trinajstić information content (AvgIpc) is 2.59. The van der Waals surface area contributed by atoms with Crippen LogP contribution in [0.2, 0.25) is 0 Å². The maximum Gasteiger partial charge on any atom is 0.310 e. The predicted molar refractivity (Wildman–Crippen MR) is 84.5 cm³/mol. The number of carbonyl (C=O) groups excluding carboxylic acids is 2. The molecule has 2 atom stereocenters. The molecular formula is C17H23NO5. The Hall–Kier alpha value is -2.24. The molecule has 0 saturated heterocycles. The number of hydrogen-bond donors (Lipinski definition) is 0. The minimum atomic E-state index is -0.352. The third-order valence-corrected chi connectivity index (χ3v) is 4.06. The van der Waals surface area contributed by atoms with Gasteiger partial charge in [-0.25, -0.2) is 0 Å². The van der Waals surface area contributed by atoms with E-state index in [4.69, 9.17) is 14.2 Å². The topological polar surface area (TPSA) is 65.1 Å². The first-order chi connectivity index (χ1) is 11.0. The first kappa shape index (κ1) is 17.1. The Morgan fingerprint density at radius 3 is 2.78 bits per heavy atom. The third-order valence-electron chi connectivity index (χ3n) is 4.06. The fourth-order valence-electron chi connectivity index (χ4n) is 2.73. The van der Waals surface area contributed by atoms with Gasteiger partial charge in [0.15, 0.2) is 0 Å². The lowest BCUT2D eigenvalue weighted by atomic mass is 9.95. The molecule has 1 aromatic carbocycles. The summed E-state index contributed by atoms with van der Waals surface area (Å²) in [7, 11) is 4.65. The number of fused-ring (bicyclic) bond motifs is 1. The molecule has 6 nitrogen and oxygen atoms in total. The van der Waals surface area contributed by atoms with Gasteiger partial charge in [-0.15, -0.1) is 0 Å². The Morgan fingerprint density at radius 2 is 2.13 bits per heavy atom. The molecule has 2 rings (SSSR count). The summed E-state index contributed by atoms with van der Waals surface area (Å²) in [5.74, 6) is 0.557. The van der Waals surface area contributed by atoms with Gasteiger partial charge in [-0.05, 0) is 18.1 Å². The molecular weight excluding hydrogens is 298 g/mol. The molecule has 1 aromatic rings. The number of hydrogen-bond acceptors (Lipinski definition) is 5. The van der Waals surface area contributed by atoms with E-state index >= 15 is 0 Å². The summed E-state index contributed by atoms with van der Waals surface area (Å²) in [5, 5.41) is 0. The van der Waals surface area contributed by atoms with Crippen LogP contribution in [0.5, 0.6) is 11.5 Å². The van der Waals surface area contributed by atoms with E-state index in [1.54, 1.807) is 26.0 Å². The van der Waals surface area contributed by atoms with E-state index < -0.39 is 0 Å². The van der Waals surface area contributed by atoms with Gasteiger partial charge >= 0.3 is 5.97 Å². The summed E-state index contributed by atoms with van der Waals surface area (Å²) in [6.45, 7) is 2.40. The van der Waals surface area contributed by atoms with Crippen molar-refractivity contribution in [2.45, 2.75) is 13.3 Å². The quantitative estimate of drug-likeness (QED) is 0.769. The minimum absolute atomic E-state index is 0.0257. The first-order valence-corrected chi connectivity index (χ1v) is 7.58. The van der Waals surface area contributed by atoms with Crippen molar-refractivity contribution < 1.29 is 23.8 Å². The van der Waals surface area contributed by atoms with E-state index in [1.807, 2.05) is 18.2 Å². The number of nitrogens with zero attached hydrogens (tertiary/aromatic N) is 1.